The van der Waals surface area contributed by atoms with Crippen LogP contribution < -0.4 is 5.73 Å². The van der Waals surface area contributed by atoms with Crippen molar-refractivity contribution in [3.05, 3.63) is 35.7 Å². The third-order valence-corrected chi connectivity index (χ3v) is 3.79. The number of anilines is 1. The second-order valence-electron chi connectivity index (χ2n) is 4.70. The molecule has 3 rings (SSSR count). The Morgan fingerprint density at radius 3 is 2.72 bits per heavy atom. The van der Waals surface area contributed by atoms with Crippen molar-refractivity contribution in [2.45, 2.75) is 13.8 Å². The number of benzene rings is 1. The van der Waals surface area contributed by atoms with Crippen LogP contribution in [0.3, 0.4) is 0 Å². The summed E-state index contributed by atoms with van der Waals surface area (Å²) in [5.74, 6) is 0.611. The van der Waals surface area contributed by atoms with E-state index in [0.29, 0.717) is 5.82 Å². The number of H-pyrrole nitrogens is 1. The van der Waals surface area contributed by atoms with Gasteiger partial charge in [0.25, 0.3) is 0 Å². The predicted octanol–water partition coefficient (Wildman–Crippen LogP) is 2.77. The number of hydrogen-bond acceptors (Lipinski definition) is 2. The number of nitrogens with one attached hydrogen (secondary N) is 1. The minimum absolute atomic E-state index is 0.611. The molecule has 0 atom stereocenters. The van der Waals surface area contributed by atoms with Gasteiger partial charge in [-0.1, -0.05) is 6.07 Å². The molecule has 0 saturated heterocycles. The number of aryl methyl sites for hydroxylation is 2. The van der Waals surface area contributed by atoms with Gasteiger partial charge in [-0.2, -0.15) is 5.10 Å². The summed E-state index contributed by atoms with van der Waals surface area (Å²) in [4.78, 5) is 0. The van der Waals surface area contributed by atoms with Crippen LogP contribution in [0.25, 0.3) is 22.0 Å². The summed E-state index contributed by atoms with van der Waals surface area (Å²) in [5, 5.41) is 8.01. The zero-order chi connectivity index (χ0) is 12.9. The maximum atomic E-state index is 5.87. The Balaban J connectivity index is 2.29. The van der Waals surface area contributed by atoms with Crippen LogP contribution in [0.5, 0.6) is 0 Å². The fraction of sp³-hybridized carbons (Fsp3) is 0.214. The maximum absolute atomic E-state index is 5.87. The topological polar surface area (TPSA) is 59.6 Å². The number of nitrogen functional groups attached to an aromatic ring is 1. The van der Waals surface area contributed by atoms with Crippen molar-refractivity contribution < 1.29 is 0 Å². The zero-order valence-electron chi connectivity index (χ0n) is 10.8. The third kappa shape index (κ3) is 1.35. The minimum atomic E-state index is 0.611. The minimum Gasteiger partial charge on any atom is -0.384 e. The molecule has 0 aliphatic heterocycles. The number of fused-ring (bicyclic) bond motifs is 1. The summed E-state index contributed by atoms with van der Waals surface area (Å²) >= 11 is 0. The lowest BCUT2D eigenvalue weighted by atomic mass is 10.0. The van der Waals surface area contributed by atoms with Gasteiger partial charge in [0.05, 0.1) is 6.20 Å². The van der Waals surface area contributed by atoms with Crippen molar-refractivity contribution in [3.63, 3.8) is 0 Å². The maximum Gasteiger partial charge on any atom is 0.126 e. The van der Waals surface area contributed by atoms with Gasteiger partial charge in [-0.3, -0.25) is 5.10 Å². The van der Waals surface area contributed by atoms with E-state index in [2.05, 4.69) is 53.9 Å². The normalized spacial score (nSPS) is 11.3. The Morgan fingerprint density at radius 1 is 1.28 bits per heavy atom. The van der Waals surface area contributed by atoms with E-state index in [-0.39, 0.29) is 0 Å². The standard InChI is InChI=1S/C14H16N4/c1-8-9(2)18(3)13-5-4-10(6-11(8)13)12-7-16-17-14(12)15/h4-7H,1-3H3,(H3,15,16,17). The molecule has 2 aromatic heterocycles. The molecule has 0 aliphatic rings. The van der Waals surface area contributed by atoms with Crippen LogP contribution >= 0.6 is 0 Å². The van der Waals surface area contributed by atoms with Gasteiger partial charge in [0.1, 0.15) is 5.82 Å². The first-order valence-electron chi connectivity index (χ1n) is 5.94. The molecule has 92 valence electrons. The summed E-state index contributed by atoms with van der Waals surface area (Å²) < 4.78 is 2.22. The number of aromatic nitrogens is 3. The molecule has 0 bridgehead atoms. The SMILES string of the molecule is Cc1c(C)n(C)c2ccc(-c3cn[nH]c3N)cc12. The van der Waals surface area contributed by atoms with Gasteiger partial charge in [0, 0.05) is 29.2 Å². The lowest BCUT2D eigenvalue weighted by Gasteiger charge is -2.02. The number of nitrogens with zero attached hydrogens (tertiary/aromatic N) is 2. The van der Waals surface area contributed by atoms with Crippen LogP contribution in [0.2, 0.25) is 0 Å². The van der Waals surface area contributed by atoms with Gasteiger partial charge in [-0.25, -0.2) is 0 Å². The first-order chi connectivity index (χ1) is 8.59. The van der Waals surface area contributed by atoms with E-state index in [1.54, 1.807) is 6.20 Å². The van der Waals surface area contributed by atoms with Crippen LogP contribution in [0.4, 0.5) is 5.82 Å². The summed E-state index contributed by atoms with van der Waals surface area (Å²) in [6, 6.07) is 6.40. The molecule has 18 heavy (non-hydrogen) atoms. The van der Waals surface area contributed by atoms with Crippen LogP contribution in [0.1, 0.15) is 11.3 Å². The molecule has 4 heteroatoms. The molecule has 0 saturated carbocycles. The Labute approximate surface area is 105 Å². The average molecular weight is 240 g/mol. The molecular weight excluding hydrogens is 224 g/mol. The fourth-order valence-corrected chi connectivity index (χ4v) is 2.45. The first kappa shape index (κ1) is 10.9. The quantitative estimate of drug-likeness (QED) is 0.687. The van der Waals surface area contributed by atoms with E-state index < -0.39 is 0 Å². The van der Waals surface area contributed by atoms with E-state index in [0.717, 1.165) is 11.1 Å². The number of rotatable bonds is 1. The van der Waals surface area contributed by atoms with Crippen LogP contribution in [-0.2, 0) is 7.05 Å². The molecular formula is C14H16N4. The second kappa shape index (κ2) is 3.63. The van der Waals surface area contributed by atoms with E-state index in [9.17, 15) is 0 Å². The Morgan fingerprint density at radius 2 is 2.06 bits per heavy atom. The molecule has 0 unspecified atom stereocenters. The van der Waals surface area contributed by atoms with E-state index in [4.69, 9.17) is 5.73 Å². The van der Waals surface area contributed by atoms with Crippen LogP contribution in [-0.4, -0.2) is 14.8 Å². The van der Waals surface area contributed by atoms with Gasteiger partial charge < -0.3 is 10.3 Å². The lowest BCUT2D eigenvalue weighted by molar-refractivity contribution is 0.910. The fourth-order valence-electron chi connectivity index (χ4n) is 2.45. The number of hydrogen-bond donors (Lipinski definition) is 2. The first-order valence-corrected chi connectivity index (χ1v) is 5.94. The Kier molecular flexibility index (Phi) is 2.20. The molecule has 4 nitrogen and oxygen atoms in total. The summed E-state index contributed by atoms with van der Waals surface area (Å²) in [5.41, 5.74) is 11.8. The molecule has 0 amide bonds. The highest BCUT2D eigenvalue weighted by Gasteiger charge is 2.11. The van der Waals surface area contributed by atoms with Gasteiger partial charge in [0.15, 0.2) is 0 Å². The molecule has 3 aromatic rings. The Bertz CT molecular complexity index is 734. The molecule has 0 spiro atoms. The predicted molar refractivity (Wildman–Crippen MR) is 74.4 cm³/mol. The molecule has 2 heterocycles. The summed E-state index contributed by atoms with van der Waals surface area (Å²) in [7, 11) is 2.09. The van der Waals surface area contributed by atoms with Crippen molar-refractivity contribution in [1.29, 1.82) is 0 Å². The van der Waals surface area contributed by atoms with Crippen LogP contribution in [0.15, 0.2) is 24.4 Å². The van der Waals surface area contributed by atoms with Gasteiger partial charge in [-0.05, 0) is 37.1 Å². The Hall–Kier alpha value is -2.23. The van der Waals surface area contributed by atoms with Crippen molar-refractivity contribution in [2.75, 3.05) is 5.73 Å². The monoisotopic (exact) mass is 240 g/mol. The third-order valence-electron chi connectivity index (χ3n) is 3.79. The van der Waals surface area contributed by atoms with E-state index >= 15 is 0 Å². The highest BCUT2D eigenvalue weighted by Crippen LogP contribution is 2.30. The highest BCUT2D eigenvalue weighted by atomic mass is 15.1. The average Bonchev–Trinajstić information content (AvgIpc) is 2.89. The van der Waals surface area contributed by atoms with Crippen LogP contribution in [0, 0.1) is 13.8 Å². The second-order valence-corrected chi connectivity index (χ2v) is 4.70. The van der Waals surface area contributed by atoms with Crippen molar-refractivity contribution in [3.8, 4) is 11.1 Å². The van der Waals surface area contributed by atoms with Gasteiger partial charge in [-0.15, -0.1) is 0 Å². The van der Waals surface area contributed by atoms with Crippen molar-refractivity contribution >= 4 is 16.7 Å². The molecule has 0 radical (unpaired) electrons. The number of aromatic amines is 1. The lowest BCUT2D eigenvalue weighted by Crippen LogP contribution is -1.90. The largest absolute Gasteiger partial charge is 0.384 e. The molecule has 1 aromatic carbocycles. The number of nitrogens with two attached hydrogens (primary N) is 1. The summed E-state index contributed by atoms with van der Waals surface area (Å²) in [6.45, 7) is 4.29. The molecule has 0 aliphatic carbocycles. The molecule has 3 N–H and O–H groups in total. The van der Waals surface area contributed by atoms with Gasteiger partial charge >= 0.3 is 0 Å². The van der Waals surface area contributed by atoms with Crippen molar-refractivity contribution in [2.24, 2.45) is 7.05 Å². The molecule has 0 fully saturated rings. The van der Waals surface area contributed by atoms with Gasteiger partial charge in [0.2, 0.25) is 0 Å². The van der Waals surface area contributed by atoms with E-state index in [1.165, 1.54) is 22.2 Å². The summed E-state index contributed by atoms with van der Waals surface area (Å²) in [6.07, 6.45) is 1.77. The smallest absolute Gasteiger partial charge is 0.126 e. The zero-order valence-corrected chi connectivity index (χ0v) is 10.8. The highest BCUT2D eigenvalue weighted by molar-refractivity contribution is 5.90. The van der Waals surface area contributed by atoms with E-state index in [1.807, 2.05) is 0 Å². The van der Waals surface area contributed by atoms with Crippen molar-refractivity contribution in [1.82, 2.24) is 14.8 Å².